The fourth-order valence-corrected chi connectivity index (χ4v) is 0.926. The normalized spacial score (nSPS) is 11.7. The van der Waals surface area contributed by atoms with Gasteiger partial charge in [0.25, 0.3) is 0 Å². The molecule has 2 amide bonds. The van der Waals surface area contributed by atoms with Crippen LogP contribution in [0.5, 0.6) is 0 Å². The smallest absolute Gasteiger partial charge is 0.323 e. The zero-order valence-corrected chi connectivity index (χ0v) is 9.86. The van der Waals surface area contributed by atoms with Crippen molar-refractivity contribution in [2.75, 3.05) is 13.1 Å². The molecule has 2 N–H and O–H groups in total. The highest BCUT2D eigenvalue weighted by molar-refractivity contribution is 5.80. The Balaban J connectivity index is 4.39. The molecule has 1 atom stereocenters. The van der Waals surface area contributed by atoms with Crippen LogP contribution in [-0.4, -0.2) is 41.1 Å². The summed E-state index contributed by atoms with van der Waals surface area (Å²) in [5.41, 5.74) is 0. The van der Waals surface area contributed by atoms with Crippen LogP contribution in [-0.2, 0) is 4.79 Å². The molecule has 0 radical (unpaired) electrons. The van der Waals surface area contributed by atoms with E-state index in [1.54, 1.807) is 0 Å². The first-order valence-electron chi connectivity index (χ1n) is 5.09. The van der Waals surface area contributed by atoms with Gasteiger partial charge in [-0.15, -0.1) is 6.42 Å². The maximum absolute atomic E-state index is 11.6. The topological polar surface area (TPSA) is 69.6 Å². The zero-order valence-electron chi connectivity index (χ0n) is 9.86. The van der Waals surface area contributed by atoms with Gasteiger partial charge < -0.3 is 15.3 Å². The van der Waals surface area contributed by atoms with E-state index in [9.17, 15) is 9.59 Å². The maximum Gasteiger partial charge on any atom is 0.323 e. The third kappa shape index (κ3) is 5.25. The second-order valence-electron chi connectivity index (χ2n) is 3.94. The van der Waals surface area contributed by atoms with Crippen molar-refractivity contribution in [1.29, 1.82) is 0 Å². The van der Waals surface area contributed by atoms with Crippen LogP contribution < -0.4 is 5.32 Å². The lowest BCUT2D eigenvalue weighted by molar-refractivity contribution is -0.137. The molecule has 1 unspecified atom stereocenters. The highest BCUT2D eigenvalue weighted by Crippen LogP contribution is 2.01. The number of carboxylic acids is 1. The maximum atomic E-state index is 11.6. The van der Waals surface area contributed by atoms with Crippen molar-refractivity contribution >= 4 is 12.0 Å². The minimum absolute atomic E-state index is 0.0110. The van der Waals surface area contributed by atoms with Gasteiger partial charge in [0.2, 0.25) is 0 Å². The van der Waals surface area contributed by atoms with Gasteiger partial charge in [-0.2, -0.15) is 0 Å². The Morgan fingerprint density at radius 2 is 2.00 bits per heavy atom. The number of carboxylic acid groups (broad SMARTS) is 1. The van der Waals surface area contributed by atoms with Crippen LogP contribution in [0.4, 0.5) is 4.79 Å². The number of aliphatic carboxylic acids is 1. The summed E-state index contributed by atoms with van der Waals surface area (Å²) in [5, 5.41) is 11.3. The third-order valence-corrected chi connectivity index (χ3v) is 2.25. The molecule has 0 bridgehead atoms. The van der Waals surface area contributed by atoms with Crippen molar-refractivity contribution in [2.45, 2.75) is 26.8 Å². The number of urea groups is 1. The standard InChI is InChI=1S/C11H18N2O3/c1-5-6-13(7-10(14)15)11(16)12-9(4)8(2)3/h1,8-9H,6-7H2,2-4H3,(H,12,16)(H,14,15). The van der Waals surface area contributed by atoms with Gasteiger partial charge >= 0.3 is 12.0 Å². The summed E-state index contributed by atoms with van der Waals surface area (Å²) in [6.45, 7) is 5.39. The van der Waals surface area contributed by atoms with Gasteiger partial charge in [0.15, 0.2) is 0 Å². The molecular weight excluding hydrogens is 208 g/mol. The van der Waals surface area contributed by atoms with Crippen molar-refractivity contribution < 1.29 is 14.7 Å². The van der Waals surface area contributed by atoms with Gasteiger partial charge in [-0.1, -0.05) is 19.8 Å². The van der Waals surface area contributed by atoms with Crippen LogP contribution in [0.25, 0.3) is 0 Å². The molecule has 0 aliphatic carbocycles. The fourth-order valence-electron chi connectivity index (χ4n) is 0.926. The summed E-state index contributed by atoms with van der Waals surface area (Å²) in [5.74, 6) is 1.46. The average Bonchev–Trinajstić information content (AvgIpc) is 2.16. The summed E-state index contributed by atoms with van der Waals surface area (Å²) < 4.78 is 0. The van der Waals surface area contributed by atoms with E-state index in [-0.39, 0.29) is 25.0 Å². The van der Waals surface area contributed by atoms with E-state index in [0.29, 0.717) is 0 Å². The van der Waals surface area contributed by atoms with Crippen LogP contribution >= 0.6 is 0 Å². The number of hydrogen-bond donors (Lipinski definition) is 2. The van der Waals surface area contributed by atoms with Crippen LogP contribution in [0.15, 0.2) is 0 Å². The van der Waals surface area contributed by atoms with Crippen LogP contribution in [0.3, 0.4) is 0 Å². The Hall–Kier alpha value is -1.70. The third-order valence-electron chi connectivity index (χ3n) is 2.25. The number of rotatable bonds is 5. The van der Waals surface area contributed by atoms with Crippen LogP contribution in [0, 0.1) is 18.3 Å². The van der Waals surface area contributed by atoms with Gasteiger partial charge in [0.1, 0.15) is 6.54 Å². The largest absolute Gasteiger partial charge is 0.480 e. The van der Waals surface area contributed by atoms with E-state index in [1.807, 2.05) is 20.8 Å². The Bertz CT molecular complexity index is 294. The second-order valence-corrected chi connectivity index (χ2v) is 3.94. The van der Waals surface area contributed by atoms with Gasteiger partial charge in [-0.05, 0) is 12.8 Å². The lowest BCUT2D eigenvalue weighted by Crippen LogP contribution is -2.47. The Labute approximate surface area is 95.8 Å². The molecule has 0 heterocycles. The molecule has 0 spiro atoms. The molecule has 16 heavy (non-hydrogen) atoms. The van der Waals surface area contributed by atoms with Crippen molar-refractivity contribution in [3.8, 4) is 12.3 Å². The predicted octanol–water partition coefficient (Wildman–Crippen LogP) is 0.760. The van der Waals surface area contributed by atoms with Gasteiger partial charge in [-0.3, -0.25) is 4.79 Å². The minimum Gasteiger partial charge on any atom is -0.480 e. The summed E-state index contributed by atoms with van der Waals surface area (Å²) in [4.78, 5) is 23.2. The van der Waals surface area contributed by atoms with Crippen LogP contribution in [0.1, 0.15) is 20.8 Å². The Kier molecular flexibility index (Phi) is 6.01. The highest BCUT2D eigenvalue weighted by atomic mass is 16.4. The number of hydrogen-bond acceptors (Lipinski definition) is 2. The van der Waals surface area contributed by atoms with Crippen molar-refractivity contribution in [3.05, 3.63) is 0 Å². The SMILES string of the molecule is C#CCN(CC(=O)O)C(=O)NC(C)C(C)C. The molecule has 0 aromatic heterocycles. The van der Waals surface area contributed by atoms with Crippen molar-refractivity contribution in [1.82, 2.24) is 10.2 Å². The summed E-state index contributed by atoms with van der Waals surface area (Å²) in [6, 6.07) is -0.469. The first-order valence-corrected chi connectivity index (χ1v) is 5.09. The Morgan fingerprint density at radius 3 is 2.38 bits per heavy atom. The number of carbonyl (C=O) groups excluding carboxylic acids is 1. The monoisotopic (exact) mass is 226 g/mol. The van der Waals surface area contributed by atoms with Gasteiger partial charge in [0, 0.05) is 6.04 Å². The quantitative estimate of drug-likeness (QED) is 0.680. The van der Waals surface area contributed by atoms with E-state index in [2.05, 4.69) is 11.2 Å². The fraction of sp³-hybridized carbons (Fsp3) is 0.636. The summed E-state index contributed by atoms with van der Waals surface area (Å²) in [6.07, 6.45) is 5.07. The molecule has 5 heteroatoms. The second kappa shape index (κ2) is 6.72. The van der Waals surface area contributed by atoms with E-state index >= 15 is 0 Å². The molecule has 0 aliphatic heterocycles. The average molecular weight is 226 g/mol. The number of nitrogens with zero attached hydrogens (tertiary/aromatic N) is 1. The number of nitrogens with one attached hydrogen (secondary N) is 1. The lowest BCUT2D eigenvalue weighted by Gasteiger charge is -2.23. The summed E-state index contributed by atoms with van der Waals surface area (Å²) in [7, 11) is 0. The molecule has 0 aromatic rings. The number of amides is 2. The number of carbonyl (C=O) groups is 2. The molecule has 5 nitrogen and oxygen atoms in total. The molecule has 0 fully saturated rings. The number of terminal acetylenes is 1. The highest BCUT2D eigenvalue weighted by Gasteiger charge is 2.18. The van der Waals surface area contributed by atoms with Crippen molar-refractivity contribution in [2.24, 2.45) is 5.92 Å². The molecule has 0 rings (SSSR count). The van der Waals surface area contributed by atoms with E-state index in [4.69, 9.17) is 11.5 Å². The lowest BCUT2D eigenvalue weighted by atomic mass is 10.1. The molecule has 0 saturated carbocycles. The first-order chi connectivity index (χ1) is 7.38. The molecule has 90 valence electrons. The van der Waals surface area contributed by atoms with Gasteiger partial charge in [0.05, 0.1) is 6.54 Å². The molecule has 0 aliphatic rings. The van der Waals surface area contributed by atoms with Crippen molar-refractivity contribution in [3.63, 3.8) is 0 Å². The van der Waals surface area contributed by atoms with Gasteiger partial charge in [-0.25, -0.2) is 4.79 Å². The summed E-state index contributed by atoms with van der Waals surface area (Å²) >= 11 is 0. The van der Waals surface area contributed by atoms with Crippen LogP contribution in [0.2, 0.25) is 0 Å². The van der Waals surface area contributed by atoms with E-state index in [1.165, 1.54) is 0 Å². The Morgan fingerprint density at radius 1 is 1.44 bits per heavy atom. The minimum atomic E-state index is -1.08. The zero-order chi connectivity index (χ0) is 12.7. The van der Waals surface area contributed by atoms with E-state index < -0.39 is 12.0 Å². The van der Waals surface area contributed by atoms with E-state index in [0.717, 1.165) is 4.90 Å². The molecule has 0 aromatic carbocycles. The first kappa shape index (κ1) is 14.3. The molecular formula is C11H18N2O3. The molecule has 0 saturated heterocycles. The predicted molar refractivity (Wildman–Crippen MR) is 60.9 cm³/mol.